The van der Waals surface area contributed by atoms with Gasteiger partial charge in [-0.2, -0.15) is 0 Å². The van der Waals surface area contributed by atoms with Crippen LogP contribution in [0.2, 0.25) is 0 Å². The van der Waals surface area contributed by atoms with E-state index < -0.39 is 10.0 Å². The van der Waals surface area contributed by atoms with E-state index in [9.17, 15) is 8.42 Å². The fourth-order valence-electron chi connectivity index (χ4n) is 2.15. The van der Waals surface area contributed by atoms with Crippen molar-refractivity contribution in [3.05, 3.63) is 27.7 Å². The zero-order chi connectivity index (χ0) is 12.6. The van der Waals surface area contributed by atoms with Crippen LogP contribution in [-0.2, 0) is 10.0 Å². The lowest BCUT2D eigenvalue weighted by Crippen LogP contribution is -2.37. The third-order valence-electron chi connectivity index (χ3n) is 3.06. The Morgan fingerprint density at radius 3 is 2.29 bits per heavy atom. The second-order valence-electron chi connectivity index (χ2n) is 4.49. The zero-order valence-corrected chi connectivity index (χ0v) is 12.4. The molecule has 1 aromatic carbocycles. The first-order valence-corrected chi connectivity index (χ1v) is 8.09. The minimum absolute atomic E-state index is 0.265. The monoisotopic (exact) mass is 317 g/mol. The van der Waals surface area contributed by atoms with E-state index in [0.717, 1.165) is 34.1 Å². The summed E-state index contributed by atoms with van der Waals surface area (Å²) in [5, 5.41) is 0. The number of benzene rings is 1. The van der Waals surface area contributed by atoms with Gasteiger partial charge < -0.3 is 0 Å². The molecule has 0 atom stereocenters. The summed E-state index contributed by atoms with van der Waals surface area (Å²) in [5.41, 5.74) is 2.93. The molecule has 2 rings (SSSR count). The first-order valence-electron chi connectivity index (χ1n) is 5.69. The Morgan fingerprint density at radius 2 is 1.76 bits per heavy atom. The molecule has 1 aliphatic rings. The van der Waals surface area contributed by atoms with Gasteiger partial charge in [0.1, 0.15) is 0 Å². The van der Waals surface area contributed by atoms with Crippen molar-refractivity contribution in [1.82, 2.24) is 0 Å². The maximum Gasteiger partial charge on any atom is 0.235 e. The highest BCUT2D eigenvalue weighted by atomic mass is 79.9. The lowest BCUT2D eigenvalue weighted by molar-refractivity contribution is 0.574. The van der Waals surface area contributed by atoms with Crippen LogP contribution >= 0.6 is 15.9 Å². The quantitative estimate of drug-likeness (QED) is 0.798. The lowest BCUT2D eigenvalue weighted by Gasteiger charge is -2.29. The maximum absolute atomic E-state index is 12.0. The summed E-state index contributed by atoms with van der Waals surface area (Å²) in [6.07, 6.45) is 1.71. The number of sulfonamides is 1. The van der Waals surface area contributed by atoms with Crippen molar-refractivity contribution in [3.8, 4) is 0 Å². The molecule has 1 saturated heterocycles. The van der Waals surface area contributed by atoms with E-state index in [1.807, 2.05) is 26.0 Å². The molecule has 1 fully saturated rings. The van der Waals surface area contributed by atoms with Crippen molar-refractivity contribution in [2.45, 2.75) is 26.7 Å². The number of nitrogens with zero attached hydrogens (tertiary/aromatic N) is 1. The molecule has 0 aromatic heterocycles. The minimum Gasteiger partial charge on any atom is -0.270 e. The molecule has 0 N–H and O–H groups in total. The van der Waals surface area contributed by atoms with E-state index >= 15 is 0 Å². The zero-order valence-electron chi connectivity index (χ0n) is 10.0. The summed E-state index contributed by atoms with van der Waals surface area (Å²) in [7, 11) is -3.10. The summed E-state index contributed by atoms with van der Waals surface area (Å²) in [6, 6.07) is 3.86. The van der Waals surface area contributed by atoms with Gasteiger partial charge in [0.15, 0.2) is 0 Å². The SMILES string of the molecule is Cc1cc(N2CCCCS2(=O)=O)cc(C)c1Br. The number of halogens is 1. The Bertz CT molecular complexity index is 516. The molecule has 1 aromatic rings. The molecule has 94 valence electrons. The Morgan fingerprint density at radius 1 is 1.18 bits per heavy atom. The number of hydrogen-bond acceptors (Lipinski definition) is 2. The average Bonchev–Trinajstić information content (AvgIpc) is 2.24. The van der Waals surface area contributed by atoms with Crippen LogP contribution in [0.3, 0.4) is 0 Å². The summed E-state index contributed by atoms with van der Waals surface area (Å²) in [6.45, 7) is 4.57. The molecule has 17 heavy (non-hydrogen) atoms. The molecule has 0 amide bonds. The summed E-state index contributed by atoms with van der Waals surface area (Å²) >= 11 is 3.50. The standard InChI is InChI=1S/C12H16BrNO2S/c1-9-7-11(8-10(2)12(9)13)14-5-3-4-6-17(14,15)16/h7-8H,3-6H2,1-2H3. The van der Waals surface area contributed by atoms with Gasteiger partial charge in [0.25, 0.3) is 0 Å². The molecule has 0 radical (unpaired) electrons. The van der Waals surface area contributed by atoms with E-state index in [4.69, 9.17) is 0 Å². The Hall–Kier alpha value is -0.550. The van der Waals surface area contributed by atoms with Crippen LogP contribution in [0.1, 0.15) is 24.0 Å². The van der Waals surface area contributed by atoms with Gasteiger partial charge in [0.2, 0.25) is 10.0 Å². The summed E-state index contributed by atoms with van der Waals surface area (Å²) < 4.78 is 26.6. The second-order valence-corrected chi connectivity index (χ2v) is 7.29. The Balaban J connectivity index is 2.47. The molecular formula is C12H16BrNO2S. The maximum atomic E-state index is 12.0. The Labute approximate surface area is 111 Å². The van der Waals surface area contributed by atoms with Crippen LogP contribution in [0.5, 0.6) is 0 Å². The van der Waals surface area contributed by atoms with Crippen LogP contribution in [0.4, 0.5) is 5.69 Å². The fraction of sp³-hybridized carbons (Fsp3) is 0.500. The first kappa shape index (κ1) is 12.9. The van der Waals surface area contributed by atoms with Gasteiger partial charge in [-0.3, -0.25) is 4.31 Å². The molecule has 0 aliphatic carbocycles. The highest BCUT2D eigenvalue weighted by Crippen LogP contribution is 2.30. The van der Waals surface area contributed by atoms with E-state index in [1.54, 1.807) is 4.31 Å². The normalized spacial score (nSPS) is 19.4. The third kappa shape index (κ3) is 2.50. The van der Waals surface area contributed by atoms with Gasteiger partial charge in [0, 0.05) is 11.0 Å². The van der Waals surface area contributed by atoms with E-state index in [1.165, 1.54) is 0 Å². The summed E-state index contributed by atoms with van der Waals surface area (Å²) in [5.74, 6) is 0.265. The Kier molecular flexibility index (Phi) is 3.50. The minimum atomic E-state index is -3.10. The predicted octanol–water partition coefficient (Wildman–Crippen LogP) is 3.00. The van der Waals surface area contributed by atoms with E-state index in [-0.39, 0.29) is 5.75 Å². The molecule has 5 heteroatoms. The van der Waals surface area contributed by atoms with Crippen molar-refractivity contribution in [1.29, 1.82) is 0 Å². The van der Waals surface area contributed by atoms with Crippen molar-refractivity contribution >= 4 is 31.6 Å². The van der Waals surface area contributed by atoms with Crippen LogP contribution in [0.15, 0.2) is 16.6 Å². The van der Waals surface area contributed by atoms with E-state index in [2.05, 4.69) is 15.9 Å². The first-order chi connectivity index (χ1) is 7.92. The molecule has 3 nitrogen and oxygen atoms in total. The number of hydrogen-bond donors (Lipinski definition) is 0. The van der Waals surface area contributed by atoms with E-state index in [0.29, 0.717) is 6.54 Å². The molecule has 0 bridgehead atoms. The average molecular weight is 318 g/mol. The van der Waals surface area contributed by atoms with Crippen LogP contribution in [-0.4, -0.2) is 20.7 Å². The highest BCUT2D eigenvalue weighted by Gasteiger charge is 2.26. The highest BCUT2D eigenvalue weighted by molar-refractivity contribution is 9.10. The van der Waals surface area contributed by atoms with Gasteiger partial charge in [0.05, 0.1) is 11.4 Å². The summed E-state index contributed by atoms with van der Waals surface area (Å²) in [4.78, 5) is 0. The van der Waals surface area contributed by atoms with Crippen LogP contribution in [0, 0.1) is 13.8 Å². The largest absolute Gasteiger partial charge is 0.270 e. The van der Waals surface area contributed by atoms with Gasteiger partial charge in [-0.15, -0.1) is 0 Å². The molecule has 1 aliphatic heterocycles. The van der Waals surface area contributed by atoms with Crippen molar-refractivity contribution in [2.75, 3.05) is 16.6 Å². The fourth-order valence-corrected chi connectivity index (χ4v) is 4.00. The number of rotatable bonds is 1. The lowest BCUT2D eigenvalue weighted by atomic mass is 10.1. The predicted molar refractivity (Wildman–Crippen MR) is 74.0 cm³/mol. The van der Waals surface area contributed by atoms with Crippen LogP contribution < -0.4 is 4.31 Å². The van der Waals surface area contributed by atoms with Gasteiger partial charge >= 0.3 is 0 Å². The molecule has 0 spiro atoms. The van der Waals surface area contributed by atoms with Gasteiger partial charge in [-0.05, 0) is 49.9 Å². The topological polar surface area (TPSA) is 37.4 Å². The third-order valence-corrected chi connectivity index (χ3v) is 6.18. The molecule has 1 heterocycles. The van der Waals surface area contributed by atoms with Crippen molar-refractivity contribution in [3.63, 3.8) is 0 Å². The molecule has 0 unspecified atom stereocenters. The van der Waals surface area contributed by atoms with Gasteiger partial charge in [-0.1, -0.05) is 15.9 Å². The van der Waals surface area contributed by atoms with Crippen molar-refractivity contribution in [2.24, 2.45) is 0 Å². The van der Waals surface area contributed by atoms with Gasteiger partial charge in [-0.25, -0.2) is 8.42 Å². The second kappa shape index (κ2) is 4.61. The van der Waals surface area contributed by atoms with Crippen LogP contribution in [0.25, 0.3) is 0 Å². The number of anilines is 1. The smallest absolute Gasteiger partial charge is 0.235 e. The molecule has 0 saturated carbocycles. The number of aryl methyl sites for hydroxylation is 2. The molecular weight excluding hydrogens is 302 g/mol. The van der Waals surface area contributed by atoms with Crippen molar-refractivity contribution < 1.29 is 8.42 Å².